The van der Waals surface area contributed by atoms with Crippen molar-refractivity contribution in [1.82, 2.24) is 5.16 Å². The first-order chi connectivity index (χ1) is 9.17. The molecule has 1 aromatic heterocycles. The topological polar surface area (TPSA) is 82.9 Å². The van der Waals surface area contributed by atoms with E-state index in [4.69, 9.17) is 19.9 Å². The highest BCUT2D eigenvalue weighted by atomic mass is 16.5. The first kappa shape index (κ1) is 12.8. The Bertz CT molecular complexity index is 636. The molecule has 2 rings (SSSR count). The molecule has 0 bridgehead atoms. The Morgan fingerprint density at radius 1 is 1.42 bits per heavy atom. The van der Waals surface area contributed by atoms with Crippen LogP contribution in [0.25, 0.3) is 11.1 Å². The molecule has 1 heterocycles. The minimum atomic E-state index is -0.118. The zero-order chi connectivity index (χ0) is 13.8. The number of nitrogens with one attached hydrogen (secondary N) is 1. The lowest BCUT2D eigenvalue weighted by Gasteiger charge is -2.04. The molecular weight excluding hydrogens is 242 g/mol. The van der Waals surface area contributed by atoms with E-state index in [0.29, 0.717) is 12.2 Å². The Morgan fingerprint density at radius 3 is 2.68 bits per heavy atom. The number of aromatic nitrogens is 1. The number of ether oxygens (including phenoxy) is 1. The van der Waals surface area contributed by atoms with Crippen molar-refractivity contribution in [2.75, 3.05) is 6.61 Å². The number of hydrogen-bond acceptors (Lipinski definition) is 5. The smallest absolute Gasteiger partial charge is 0.253 e. The maximum Gasteiger partial charge on any atom is 0.253 e. The summed E-state index contributed by atoms with van der Waals surface area (Å²) >= 11 is 0. The highest BCUT2D eigenvalue weighted by Gasteiger charge is 2.22. The molecule has 0 amide bonds. The molecule has 0 atom stereocenters. The van der Waals surface area contributed by atoms with Crippen LogP contribution in [0.15, 0.2) is 28.8 Å². The third-order valence-electron chi connectivity index (χ3n) is 2.63. The van der Waals surface area contributed by atoms with E-state index in [1.54, 1.807) is 6.92 Å². The van der Waals surface area contributed by atoms with Crippen molar-refractivity contribution in [3.8, 4) is 17.2 Å². The molecule has 0 aliphatic heterocycles. The Hall–Kier alpha value is -2.61. The Labute approximate surface area is 110 Å². The van der Waals surface area contributed by atoms with Gasteiger partial charge >= 0.3 is 0 Å². The summed E-state index contributed by atoms with van der Waals surface area (Å²) in [5.41, 5.74) is 2.55. The fraction of sp³-hybridized carbons (Fsp3) is 0.214. The van der Waals surface area contributed by atoms with Crippen molar-refractivity contribution in [2.24, 2.45) is 0 Å². The van der Waals surface area contributed by atoms with Gasteiger partial charge in [-0.05, 0) is 19.4 Å². The largest absolute Gasteiger partial charge is 0.476 e. The van der Waals surface area contributed by atoms with Crippen LogP contribution in [0.4, 0.5) is 0 Å². The summed E-state index contributed by atoms with van der Waals surface area (Å²) in [6.07, 6.45) is 0. The normalized spacial score (nSPS) is 9.95. The van der Waals surface area contributed by atoms with Gasteiger partial charge in [0.1, 0.15) is 6.07 Å². The first-order valence-corrected chi connectivity index (χ1v) is 5.86. The van der Waals surface area contributed by atoms with Crippen molar-refractivity contribution in [2.45, 2.75) is 13.8 Å². The molecule has 5 nitrogen and oxygen atoms in total. The standard InChI is InChI=1S/C14H13N3O2/c1-3-18-14(16)13-12(11(8-15)17-19-13)10-6-4-9(2)5-7-10/h4-7,16H,3H2,1-2H3. The van der Waals surface area contributed by atoms with Gasteiger partial charge in [-0.2, -0.15) is 5.26 Å². The van der Waals surface area contributed by atoms with E-state index < -0.39 is 0 Å². The third-order valence-corrected chi connectivity index (χ3v) is 2.63. The van der Waals surface area contributed by atoms with Gasteiger partial charge in [-0.1, -0.05) is 35.0 Å². The van der Waals surface area contributed by atoms with Gasteiger partial charge < -0.3 is 9.26 Å². The molecule has 1 aromatic carbocycles. The lowest BCUT2D eigenvalue weighted by molar-refractivity contribution is 0.306. The summed E-state index contributed by atoms with van der Waals surface area (Å²) in [5.74, 6) is 0.0642. The molecule has 0 unspecified atom stereocenters. The van der Waals surface area contributed by atoms with E-state index in [1.165, 1.54) is 0 Å². The monoisotopic (exact) mass is 255 g/mol. The second kappa shape index (κ2) is 5.36. The van der Waals surface area contributed by atoms with Gasteiger partial charge in [0.15, 0.2) is 5.69 Å². The first-order valence-electron chi connectivity index (χ1n) is 5.86. The Balaban J connectivity index is 2.54. The van der Waals surface area contributed by atoms with Crippen molar-refractivity contribution in [1.29, 1.82) is 10.7 Å². The average Bonchev–Trinajstić information content (AvgIpc) is 2.83. The molecule has 0 radical (unpaired) electrons. The van der Waals surface area contributed by atoms with Gasteiger partial charge in [0.2, 0.25) is 5.76 Å². The van der Waals surface area contributed by atoms with Crippen LogP contribution in [0, 0.1) is 23.7 Å². The Kier molecular flexibility index (Phi) is 3.62. The van der Waals surface area contributed by atoms with Gasteiger partial charge in [0, 0.05) is 0 Å². The fourth-order valence-electron chi connectivity index (χ4n) is 1.72. The molecule has 1 N–H and O–H groups in total. The van der Waals surface area contributed by atoms with E-state index in [9.17, 15) is 0 Å². The summed E-state index contributed by atoms with van der Waals surface area (Å²) in [4.78, 5) is 0. The maximum absolute atomic E-state index is 9.08. The highest BCUT2D eigenvalue weighted by molar-refractivity contribution is 5.97. The molecule has 0 fully saturated rings. The van der Waals surface area contributed by atoms with Crippen LogP contribution in [-0.4, -0.2) is 17.7 Å². The van der Waals surface area contributed by atoms with Gasteiger partial charge in [0.05, 0.1) is 12.2 Å². The van der Waals surface area contributed by atoms with Crippen molar-refractivity contribution >= 4 is 5.90 Å². The average molecular weight is 255 g/mol. The van der Waals surface area contributed by atoms with Gasteiger partial charge in [0.25, 0.3) is 5.90 Å². The zero-order valence-corrected chi connectivity index (χ0v) is 10.7. The number of nitriles is 1. The van der Waals surface area contributed by atoms with Gasteiger partial charge in [-0.3, -0.25) is 5.41 Å². The summed E-state index contributed by atoms with van der Waals surface area (Å²) in [5, 5.41) is 20.5. The molecular formula is C14H13N3O2. The summed E-state index contributed by atoms with van der Waals surface area (Å²) in [6, 6.07) is 9.56. The molecule has 0 saturated heterocycles. The van der Waals surface area contributed by atoms with Crippen LogP contribution >= 0.6 is 0 Å². The molecule has 5 heteroatoms. The lowest BCUT2D eigenvalue weighted by atomic mass is 10.0. The van der Waals surface area contributed by atoms with E-state index in [1.807, 2.05) is 37.3 Å². The number of hydrogen-bond donors (Lipinski definition) is 1. The number of aryl methyl sites for hydroxylation is 1. The quantitative estimate of drug-likeness (QED) is 0.675. The van der Waals surface area contributed by atoms with Crippen LogP contribution in [0.2, 0.25) is 0 Å². The van der Waals surface area contributed by atoms with E-state index >= 15 is 0 Å². The second-order valence-electron chi connectivity index (χ2n) is 3.98. The molecule has 19 heavy (non-hydrogen) atoms. The van der Waals surface area contributed by atoms with Crippen LogP contribution in [0.3, 0.4) is 0 Å². The SMILES string of the molecule is CCOC(=N)c1onc(C#N)c1-c1ccc(C)cc1. The maximum atomic E-state index is 9.08. The van der Waals surface area contributed by atoms with Crippen LogP contribution in [-0.2, 0) is 4.74 Å². The van der Waals surface area contributed by atoms with Gasteiger partial charge in [-0.25, -0.2) is 0 Å². The van der Waals surface area contributed by atoms with E-state index in [2.05, 4.69) is 5.16 Å². The van der Waals surface area contributed by atoms with E-state index in [-0.39, 0.29) is 17.4 Å². The molecule has 0 aliphatic carbocycles. The minimum absolute atomic E-state index is 0.118. The van der Waals surface area contributed by atoms with Crippen molar-refractivity contribution < 1.29 is 9.26 Å². The third kappa shape index (κ3) is 2.47. The highest BCUT2D eigenvalue weighted by Crippen LogP contribution is 2.28. The fourth-order valence-corrected chi connectivity index (χ4v) is 1.72. The van der Waals surface area contributed by atoms with E-state index in [0.717, 1.165) is 11.1 Å². The predicted octanol–water partition coefficient (Wildman–Crippen LogP) is 2.88. The molecule has 96 valence electrons. The van der Waals surface area contributed by atoms with Crippen molar-refractivity contribution in [3.05, 3.63) is 41.3 Å². The minimum Gasteiger partial charge on any atom is -0.476 e. The molecule has 0 saturated carbocycles. The van der Waals surface area contributed by atoms with Crippen LogP contribution in [0.5, 0.6) is 0 Å². The molecule has 2 aromatic rings. The lowest BCUT2D eigenvalue weighted by Crippen LogP contribution is -2.05. The number of rotatable bonds is 3. The zero-order valence-electron chi connectivity index (χ0n) is 10.7. The van der Waals surface area contributed by atoms with Crippen LogP contribution < -0.4 is 0 Å². The number of benzene rings is 1. The second-order valence-corrected chi connectivity index (χ2v) is 3.98. The summed E-state index contributed by atoms with van der Waals surface area (Å²) in [7, 11) is 0. The molecule has 0 spiro atoms. The van der Waals surface area contributed by atoms with Crippen LogP contribution in [0.1, 0.15) is 23.9 Å². The van der Waals surface area contributed by atoms with Crippen molar-refractivity contribution in [3.63, 3.8) is 0 Å². The summed E-state index contributed by atoms with van der Waals surface area (Å²) < 4.78 is 10.2. The summed E-state index contributed by atoms with van der Waals surface area (Å²) in [6.45, 7) is 4.11. The predicted molar refractivity (Wildman–Crippen MR) is 69.8 cm³/mol. The number of nitrogens with zero attached hydrogens (tertiary/aromatic N) is 2. The Morgan fingerprint density at radius 2 is 2.11 bits per heavy atom. The molecule has 0 aliphatic rings. The van der Waals surface area contributed by atoms with Gasteiger partial charge in [-0.15, -0.1) is 0 Å².